The third kappa shape index (κ3) is 5.19. The third-order valence-electron chi connectivity index (χ3n) is 2.67. The Balaban J connectivity index is 2.63. The summed E-state index contributed by atoms with van der Waals surface area (Å²) in [6, 6.07) is 3.33. The van der Waals surface area contributed by atoms with E-state index in [4.69, 9.17) is 16.3 Å². The SMILES string of the molecule is C=C(C)CN(CC)C(=O)COC(=O)c1ccc(F)cc1Cl. The molecule has 0 N–H and O–H groups in total. The van der Waals surface area contributed by atoms with E-state index in [0.29, 0.717) is 13.1 Å². The van der Waals surface area contributed by atoms with Gasteiger partial charge < -0.3 is 9.64 Å². The van der Waals surface area contributed by atoms with E-state index in [1.807, 2.05) is 6.92 Å². The fourth-order valence-electron chi connectivity index (χ4n) is 1.65. The summed E-state index contributed by atoms with van der Waals surface area (Å²) < 4.78 is 17.8. The van der Waals surface area contributed by atoms with Crippen molar-refractivity contribution < 1.29 is 18.7 Å². The lowest BCUT2D eigenvalue weighted by molar-refractivity contribution is -0.133. The Kier molecular flexibility index (Phi) is 6.37. The number of halogens is 2. The van der Waals surface area contributed by atoms with Crippen LogP contribution in [-0.4, -0.2) is 36.5 Å². The molecular formula is C15H17ClFNO3. The van der Waals surface area contributed by atoms with Gasteiger partial charge in [-0.25, -0.2) is 9.18 Å². The van der Waals surface area contributed by atoms with Crippen molar-refractivity contribution in [2.24, 2.45) is 0 Å². The fraction of sp³-hybridized carbons (Fsp3) is 0.333. The van der Waals surface area contributed by atoms with E-state index >= 15 is 0 Å². The second-order valence-corrected chi connectivity index (χ2v) is 4.97. The van der Waals surface area contributed by atoms with Gasteiger partial charge in [0.15, 0.2) is 6.61 Å². The van der Waals surface area contributed by atoms with Gasteiger partial charge in [-0.3, -0.25) is 4.79 Å². The zero-order valence-electron chi connectivity index (χ0n) is 12.0. The first-order valence-electron chi connectivity index (χ1n) is 6.39. The maximum absolute atomic E-state index is 12.9. The van der Waals surface area contributed by atoms with E-state index in [1.54, 1.807) is 6.92 Å². The summed E-state index contributed by atoms with van der Waals surface area (Å²) >= 11 is 5.75. The van der Waals surface area contributed by atoms with Gasteiger partial charge in [0.1, 0.15) is 5.82 Å². The van der Waals surface area contributed by atoms with Gasteiger partial charge in [-0.1, -0.05) is 23.8 Å². The summed E-state index contributed by atoms with van der Waals surface area (Å²) in [5.74, 6) is -1.64. The molecule has 0 heterocycles. The Morgan fingerprint density at radius 3 is 2.62 bits per heavy atom. The Morgan fingerprint density at radius 1 is 1.43 bits per heavy atom. The number of ether oxygens (including phenoxy) is 1. The van der Waals surface area contributed by atoms with Crippen molar-refractivity contribution in [2.75, 3.05) is 19.7 Å². The predicted molar refractivity (Wildman–Crippen MR) is 78.8 cm³/mol. The lowest BCUT2D eigenvalue weighted by Crippen LogP contribution is -2.35. The Bertz CT molecular complexity index is 560. The fourth-order valence-corrected chi connectivity index (χ4v) is 1.90. The topological polar surface area (TPSA) is 46.6 Å². The normalized spacial score (nSPS) is 10.1. The van der Waals surface area contributed by atoms with E-state index in [2.05, 4.69) is 6.58 Å². The number of esters is 1. The Morgan fingerprint density at radius 2 is 2.10 bits per heavy atom. The largest absolute Gasteiger partial charge is 0.452 e. The molecule has 1 rings (SSSR count). The standard InChI is InChI=1S/C15H17ClFNO3/c1-4-18(8-10(2)3)14(19)9-21-15(20)12-6-5-11(17)7-13(12)16/h5-7H,2,4,8-9H2,1,3H3. The van der Waals surface area contributed by atoms with Crippen molar-refractivity contribution in [1.82, 2.24) is 4.90 Å². The molecule has 0 aliphatic carbocycles. The second kappa shape index (κ2) is 7.78. The van der Waals surface area contributed by atoms with Gasteiger partial charge in [-0.2, -0.15) is 0 Å². The van der Waals surface area contributed by atoms with Gasteiger partial charge in [0.05, 0.1) is 10.6 Å². The average molecular weight is 314 g/mol. The van der Waals surface area contributed by atoms with Crippen LogP contribution >= 0.6 is 11.6 Å². The predicted octanol–water partition coefficient (Wildman–Crippen LogP) is 3.06. The molecule has 1 amide bonds. The molecule has 114 valence electrons. The van der Waals surface area contributed by atoms with Gasteiger partial charge in [-0.15, -0.1) is 0 Å². The molecule has 6 heteroatoms. The Hall–Kier alpha value is -1.88. The highest BCUT2D eigenvalue weighted by atomic mass is 35.5. The van der Waals surface area contributed by atoms with Crippen molar-refractivity contribution in [2.45, 2.75) is 13.8 Å². The van der Waals surface area contributed by atoms with Crippen molar-refractivity contribution >= 4 is 23.5 Å². The summed E-state index contributed by atoms with van der Waals surface area (Å²) in [5, 5.41) is -0.0540. The minimum Gasteiger partial charge on any atom is -0.452 e. The molecule has 1 aromatic rings. The van der Waals surface area contributed by atoms with Crippen LogP contribution in [0.2, 0.25) is 5.02 Å². The summed E-state index contributed by atoms with van der Waals surface area (Å²) in [6.07, 6.45) is 0. The van der Waals surface area contributed by atoms with Crippen LogP contribution < -0.4 is 0 Å². The van der Waals surface area contributed by atoms with Gasteiger partial charge in [0.2, 0.25) is 0 Å². The zero-order chi connectivity index (χ0) is 16.0. The molecule has 0 atom stereocenters. The van der Waals surface area contributed by atoms with E-state index in [9.17, 15) is 14.0 Å². The lowest BCUT2D eigenvalue weighted by atomic mass is 10.2. The number of amides is 1. The molecule has 1 aromatic carbocycles. The Labute approximate surface area is 128 Å². The molecule has 0 bridgehead atoms. The summed E-state index contributed by atoms with van der Waals surface area (Å²) in [5.41, 5.74) is 0.854. The first kappa shape index (κ1) is 17.2. The number of carbonyl (C=O) groups excluding carboxylic acids is 2. The molecule has 0 aliphatic heterocycles. The summed E-state index contributed by atoms with van der Waals surface area (Å²) in [6.45, 7) is 7.86. The van der Waals surface area contributed by atoms with E-state index < -0.39 is 18.4 Å². The van der Waals surface area contributed by atoms with Crippen molar-refractivity contribution in [3.8, 4) is 0 Å². The third-order valence-corrected chi connectivity index (χ3v) is 2.99. The molecule has 4 nitrogen and oxygen atoms in total. The number of hydrogen-bond donors (Lipinski definition) is 0. The summed E-state index contributed by atoms with van der Waals surface area (Å²) in [7, 11) is 0. The number of hydrogen-bond acceptors (Lipinski definition) is 3. The van der Waals surface area contributed by atoms with Crippen LogP contribution in [0.25, 0.3) is 0 Å². The van der Waals surface area contributed by atoms with Gasteiger partial charge in [0.25, 0.3) is 5.91 Å². The van der Waals surface area contributed by atoms with E-state index in [0.717, 1.165) is 17.7 Å². The van der Waals surface area contributed by atoms with E-state index in [-0.39, 0.29) is 16.5 Å². The molecule has 0 saturated carbocycles. The van der Waals surface area contributed by atoms with Crippen molar-refractivity contribution in [3.63, 3.8) is 0 Å². The molecule has 0 saturated heterocycles. The lowest BCUT2D eigenvalue weighted by Gasteiger charge is -2.20. The maximum atomic E-state index is 12.9. The molecule has 0 radical (unpaired) electrons. The molecule has 0 spiro atoms. The second-order valence-electron chi connectivity index (χ2n) is 4.57. The van der Waals surface area contributed by atoms with Crippen LogP contribution in [-0.2, 0) is 9.53 Å². The molecule has 21 heavy (non-hydrogen) atoms. The highest BCUT2D eigenvalue weighted by molar-refractivity contribution is 6.33. The average Bonchev–Trinajstić information content (AvgIpc) is 2.41. The van der Waals surface area contributed by atoms with E-state index in [1.165, 1.54) is 11.0 Å². The molecule has 0 fully saturated rings. The minimum absolute atomic E-state index is 0.0221. The highest BCUT2D eigenvalue weighted by Gasteiger charge is 2.17. The number of nitrogens with zero attached hydrogens (tertiary/aromatic N) is 1. The summed E-state index contributed by atoms with van der Waals surface area (Å²) in [4.78, 5) is 25.2. The van der Waals surface area contributed by atoms with Gasteiger partial charge in [0, 0.05) is 13.1 Å². The van der Waals surface area contributed by atoms with Crippen LogP contribution in [0.15, 0.2) is 30.4 Å². The van der Waals surface area contributed by atoms with Crippen LogP contribution in [0.3, 0.4) is 0 Å². The van der Waals surface area contributed by atoms with Crippen LogP contribution in [0, 0.1) is 5.82 Å². The van der Waals surface area contributed by atoms with Gasteiger partial charge in [-0.05, 0) is 32.0 Å². The highest BCUT2D eigenvalue weighted by Crippen LogP contribution is 2.18. The smallest absolute Gasteiger partial charge is 0.340 e. The van der Waals surface area contributed by atoms with Gasteiger partial charge >= 0.3 is 5.97 Å². The monoisotopic (exact) mass is 313 g/mol. The maximum Gasteiger partial charge on any atom is 0.340 e. The zero-order valence-corrected chi connectivity index (χ0v) is 12.7. The molecule has 0 aliphatic rings. The first-order chi connectivity index (χ1) is 9.85. The number of rotatable bonds is 6. The minimum atomic E-state index is -0.764. The molecule has 0 unspecified atom stereocenters. The molecular weight excluding hydrogens is 297 g/mol. The van der Waals surface area contributed by atoms with Crippen LogP contribution in [0.4, 0.5) is 4.39 Å². The molecule has 0 aromatic heterocycles. The van der Waals surface area contributed by atoms with Crippen LogP contribution in [0.5, 0.6) is 0 Å². The first-order valence-corrected chi connectivity index (χ1v) is 6.77. The van der Waals surface area contributed by atoms with Crippen molar-refractivity contribution in [1.29, 1.82) is 0 Å². The van der Waals surface area contributed by atoms with Crippen molar-refractivity contribution in [3.05, 3.63) is 46.8 Å². The van der Waals surface area contributed by atoms with Crippen LogP contribution in [0.1, 0.15) is 24.2 Å². The quantitative estimate of drug-likeness (QED) is 0.599. The number of likely N-dealkylation sites (N-methyl/N-ethyl adjacent to an activating group) is 1. The number of carbonyl (C=O) groups is 2. The number of benzene rings is 1.